The highest BCUT2D eigenvalue weighted by Crippen LogP contribution is 2.46. The Morgan fingerprint density at radius 2 is 1.33 bits per heavy atom. The van der Waals surface area contributed by atoms with Crippen molar-refractivity contribution in [2.75, 3.05) is 26.1 Å². The Kier molecular flexibility index (Phi) is 13.7. The molecule has 0 radical (unpaired) electrons. The van der Waals surface area contributed by atoms with Gasteiger partial charge < -0.3 is 38.2 Å². The first-order valence-corrected chi connectivity index (χ1v) is 24.1. The average Bonchev–Trinajstić information content (AvgIpc) is 3.87. The van der Waals surface area contributed by atoms with Crippen LogP contribution in [-0.2, 0) is 33.8 Å². The van der Waals surface area contributed by atoms with Crippen molar-refractivity contribution in [3.8, 4) is 11.5 Å². The number of aromatic nitrogens is 4. The molecule has 4 atom stereocenters. The monoisotopic (exact) mass is 885 g/mol. The second-order valence-corrected chi connectivity index (χ2v) is 22.0. The highest BCUT2D eigenvalue weighted by atomic mass is 28.4. The summed E-state index contributed by atoms with van der Waals surface area (Å²) in [4.78, 5) is 52.8. The molecule has 334 valence electrons. The second kappa shape index (κ2) is 19.2. The Hall–Kier alpha value is -6.26. The lowest BCUT2D eigenvalue weighted by molar-refractivity contribution is -0.159. The normalized spacial score (nSPS) is 17.8. The number of hydrogen-bond donors (Lipinski definition) is 1. The number of carbonyl (C=O) groups excluding carboxylic acids is 3. The molecule has 64 heavy (non-hydrogen) atoms. The van der Waals surface area contributed by atoms with Gasteiger partial charge in [-0.3, -0.25) is 14.2 Å². The second-order valence-electron chi connectivity index (χ2n) is 17.2. The van der Waals surface area contributed by atoms with Crippen LogP contribution < -0.4 is 14.8 Å². The molecular formula is C49H55N5O9Si. The highest BCUT2D eigenvalue weighted by Gasteiger charge is 2.54. The van der Waals surface area contributed by atoms with Crippen molar-refractivity contribution in [2.45, 2.75) is 88.8 Å². The fourth-order valence-electron chi connectivity index (χ4n) is 7.52. The molecule has 0 bridgehead atoms. The maximum atomic E-state index is 13.8. The van der Waals surface area contributed by atoms with Gasteiger partial charge in [0, 0.05) is 12.0 Å². The van der Waals surface area contributed by atoms with E-state index in [1.165, 1.54) is 13.3 Å². The summed E-state index contributed by atoms with van der Waals surface area (Å²) >= 11 is 0. The molecule has 7 rings (SSSR count). The van der Waals surface area contributed by atoms with Gasteiger partial charge in [-0.05, 0) is 78.1 Å². The van der Waals surface area contributed by atoms with Crippen LogP contribution in [0.1, 0.15) is 73.8 Å². The number of benzene rings is 4. The molecule has 1 N–H and O–H groups in total. The zero-order chi connectivity index (χ0) is 45.6. The number of ether oxygens (including phenoxy) is 5. The molecule has 1 aliphatic rings. The molecule has 1 saturated heterocycles. The van der Waals surface area contributed by atoms with Gasteiger partial charge in [0.2, 0.25) is 0 Å². The van der Waals surface area contributed by atoms with Crippen molar-refractivity contribution in [3.05, 3.63) is 144 Å². The number of amides is 1. The van der Waals surface area contributed by atoms with Crippen molar-refractivity contribution < 1.29 is 42.5 Å². The number of ketones is 1. The van der Waals surface area contributed by atoms with Gasteiger partial charge in [-0.1, -0.05) is 93.6 Å². The fourth-order valence-corrected chi connectivity index (χ4v) is 8.80. The predicted octanol–water partition coefficient (Wildman–Crippen LogP) is 8.67. The van der Waals surface area contributed by atoms with Gasteiger partial charge in [-0.25, -0.2) is 15.0 Å². The summed E-state index contributed by atoms with van der Waals surface area (Å²) < 4.78 is 40.9. The van der Waals surface area contributed by atoms with E-state index in [9.17, 15) is 14.4 Å². The zero-order valence-corrected chi connectivity index (χ0v) is 38.4. The molecule has 0 aliphatic carbocycles. The Bertz CT molecular complexity index is 2500. The lowest BCUT2D eigenvalue weighted by atomic mass is 9.80. The highest BCUT2D eigenvalue weighted by molar-refractivity contribution is 6.74. The largest absolute Gasteiger partial charge is 0.497 e. The summed E-state index contributed by atoms with van der Waals surface area (Å²) in [5.41, 5.74) is 2.30. The van der Waals surface area contributed by atoms with E-state index in [0.717, 1.165) is 16.7 Å². The van der Waals surface area contributed by atoms with E-state index in [1.807, 2.05) is 84.9 Å². The molecule has 14 nitrogen and oxygen atoms in total. The molecule has 0 saturated carbocycles. The first-order chi connectivity index (χ1) is 30.6. The number of esters is 1. The Morgan fingerprint density at radius 1 is 0.750 bits per heavy atom. The summed E-state index contributed by atoms with van der Waals surface area (Å²) in [6.45, 7) is 11.9. The van der Waals surface area contributed by atoms with Crippen molar-refractivity contribution in [3.63, 3.8) is 0 Å². The minimum atomic E-state index is -2.67. The van der Waals surface area contributed by atoms with Crippen LogP contribution in [0.3, 0.4) is 0 Å². The van der Waals surface area contributed by atoms with E-state index >= 15 is 0 Å². The van der Waals surface area contributed by atoms with Crippen molar-refractivity contribution >= 4 is 43.0 Å². The van der Waals surface area contributed by atoms with Crippen molar-refractivity contribution in [2.24, 2.45) is 0 Å². The molecule has 1 fully saturated rings. The van der Waals surface area contributed by atoms with E-state index in [1.54, 1.807) is 49.4 Å². The molecule has 6 aromatic rings. The van der Waals surface area contributed by atoms with E-state index in [-0.39, 0.29) is 42.0 Å². The summed E-state index contributed by atoms with van der Waals surface area (Å²) in [7, 11) is 0.561. The van der Waals surface area contributed by atoms with Crippen LogP contribution in [0.25, 0.3) is 11.2 Å². The van der Waals surface area contributed by atoms with Crippen LogP contribution >= 0.6 is 0 Å². The molecule has 0 spiro atoms. The molecule has 2 aromatic heterocycles. The topological polar surface area (TPSA) is 162 Å². The minimum Gasteiger partial charge on any atom is -0.497 e. The summed E-state index contributed by atoms with van der Waals surface area (Å²) in [6, 6.07) is 34.0. The quantitative estimate of drug-likeness (QED) is 0.0528. The predicted molar refractivity (Wildman–Crippen MR) is 244 cm³/mol. The average molecular weight is 886 g/mol. The number of nitrogens with one attached hydrogen (secondary N) is 1. The number of fused-ring (bicyclic) bond motifs is 1. The van der Waals surface area contributed by atoms with Gasteiger partial charge in [-0.2, -0.15) is 0 Å². The van der Waals surface area contributed by atoms with Crippen LogP contribution in [0.2, 0.25) is 18.1 Å². The number of anilines is 1. The van der Waals surface area contributed by atoms with E-state index in [2.05, 4.69) is 54.1 Å². The van der Waals surface area contributed by atoms with E-state index in [4.69, 9.17) is 28.1 Å². The SMILES string of the molecule is COc1ccc(C(OC[C@H]2O[C@@H](n3cnc4c(NC(=O)c5ccccc5)ncnc43)C(O[Si](C)(C)C(C)(C)C)[C@H]2OC(=O)CCC(C)=O)(c2ccccc2)c2ccc(OC)cc2)cc1. The number of carbonyl (C=O) groups is 3. The number of rotatable bonds is 17. The smallest absolute Gasteiger partial charge is 0.306 e. The van der Waals surface area contributed by atoms with Crippen LogP contribution in [0, 0.1) is 0 Å². The molecule has 1 amide bonds. The number of Topliss-reactive ketones (excluding diaryl/α,β-unsaturated/α-hetero) is 1. The molecule has 1 unspecified atom stereocenters. The third-order valence-electron chi connectivity index (χ3n) is 12.0. The standard InChI is InChI=1S/C49H55N5O9Si/c1-32(55)19-28-40(56)62-42-39(29-60-49(34-17-13-10-14-18-34,35-20-24-37(58-5)25-21-35)36-22-26-38(59-6)27-23-36)61-47(43(42)63-64(7,8)48(2,3)4)54-31-52-41-44(50-30-51-45(41)54)53-46(57)33-15-11-9-12-16-33/h9-18,20-27,30-31,39,42-43,47H,19,28-29H2,1-8H3,(H,50,51,53,57)/t39-,42+,43?,47-/m1/s1. The van der Waals surface area contributed by atoms with Crippen LogP contribution in [-0.4, -0.2) is 84.6 Å². The van der Waals surface area contributed by atoms with E-state index in [0.29, 0.717) is 28.2 Å². The van der Waals surface area contributed by atoms with Crippen LogP contribution in [0.5, 0.6) is 11.5 Å². The third-order valence-corrected chi connectivity index (χ3v) is 16.5. The van der Waals surface area contributed by atoms with Gasteiger partial charge in [0.25, 0.3) is 5.91 Å². The lowest BCUT2D eigenvalue weighted by Crippen LogP contribution is -2.50. The van der Waals surface area contributed by atoms with Gasteiger partial charge in [0.1, 0.15) is 41.4 Å². The maximum absolute atomic E-state index is 13.8. The van der Waals surface area contributed by atoms with E-state index < -0.39 is 44.4 Å². The Balaban J connectivity index is 1.35. The number of nitrogens with zero attached hydrogens (tertiary/aromatic N) is 4. The molecule has 15 heteroatoms. The molecular weight excluding hydrogens is 831 g/mol. The van der Waals surface area contributed by atoms with Gasteiger partial charge >= 0.3 is 5.97 Å². The van der Waals surface area contributed by atoms with Crippen LogP contribution in [0.15, 0.2) is 122 Å². The summed E-state index contributed by atoms with van der Waals surface area (Å²) in [5.74, 6) is 0.460. The first-order valence-electron chi connectivity index (χ1n) is 21.2. The van der Waals surface area contributed by atoms with Crippen molar-refractivity contribution in [1.29, 1.82) is 0 Å². The molecule has 1 aliphatic heterocycles. The number of methoxy groups -OCH3 is 2. The minimum absolute atomic E-state index is 0.0113. The molecule has 3 heterocycles. The number of imidazole rings is 1. The maximum Gasteiger partial charge on any atom is 0.306 e. The van der Waals surface area contributed by atoms with Crippen LogP contribution in [0.4, 0.5) is 5.82 Å². The number of hydrogen-bond acceptors (Lipinski definition) is 12. The van der Waals surface area contributed by atoms with Gasteiger partial charge in [0.05, 0.1) is 33.6 Å². The third kappa shape index (κ3) is 9.62. The Labute approximate surface area is 374 Å². The van der Waals surface area contributed by atoms with Crippen molar-refractivity contribution in [1.82, 2.24) is 19.5 Å². The van der Waals surface area contributed by atoms with Gasteiger partial charge in [0.15, 0.2) is 37.6 Å². The van der Waals surface area contributed by atoms with Gasteiger partial charge in [-0.15, -0.1) is 0 Å². The fraction of sp³-hybridized carbons (Fsp3) is 0.347. The lowest BCUT2D eigenvalue weighted by Gasteiger charge is -2.40. The Morgan fingerprint density at radius 3 is 1.89 bits per heavy atom. The molecule has 4 aromatic carbocycles. The summed E-state index contributed by atoms with van der Waals surface area (Å²) in [6.07, 6.45) is -1.04. The first kappa shape index (κ1) is 45.8. The summed E-state index contributed by atoms with van der Waals surface area (Å²) in [5, 5.41) is 2.61. The zero-order valence-electron chi connectivity index (χ0n) is 37.4.